The number of aromatic nitrogens is 2. The molecule has 2 N–H and O–H groups in total. The van der Waals surface area contributed by atoms with Crippen molar-refractivity contribution in [1.29, 1.82) is 0 Å². The molecule has 10 heteroatoms. The van der Waals surface area contributed by atoms with Crippen LogP contribution in [0.2, 0.25) is 0 Å². The fourth-order valence-electron chi connectivity index (χ4n) is 6.29. The number of aliphatic carboxylic acids is 1. The topological polar surface area (TPSA) is 114 Å². The summed E-state index contributed by atoms with van der Waals surface area (Å²) in [5, 5.41) is 21.9. The first-order valence-electron chi connectivity index (χ1n) is 13.3. The largest absolute Gasteiger partial charge is 0.496 e. The highest BCUT2D eigenvalue weighted by Crippen LogP contribution is 2.44. The van der Waals surface area contributed by atoms with Crippen LogP contribution in [0.4, 0.5) is 14.9 Å². The number of methoxy groups -OCH3 is 2. The standard InChI is InChI=1S/C29H34FN3O6/c1-16-8-10-20-22(32(16)28(36)39-4)11-12-23-25(20)31-27(33(23)19-7-5-6-17(14-19)26(34)35)29(2,37)21-15-18(30)9-13-24(21)38-3/h9,11-13,15-17,19,37H,5-8,10,14H2,1-4H3,(H,34,35)/t16-,17?,19?,29?/m0/s1. The van der Waals surface area contributed by atoms with Gasteiger partial charge in [-0.25, -0.2) is 14.2 Å². The van der Waals surface area contributed by atoms with Crippen LogP contribution in [-0.4, -0.2) is 52.1 Å². The van der Waals surface area contributed by atoms with Gasteiger partial charge < -0.3 is 24.3 Å². The lowest BCUT2D eigenvalue weighted by molar-refractivity contribution is -0.143. The number of imidazole rings is 1. The van der Waals surface area contributed by atoms with Gasteiger partial charge in [0.1, 0.15) is 23.0 Å². The number of nitrogens with zero attached hydrogens (tertiary/aromatic N) is 3. The molecule has 9 nitrogen and oxygen atoms in total. The Hall–Kier alpha value is -3.66. The number of benzene rings is 2. The van der Waals surface area contributed by atoms with Crippen LogP contribution < -0.4 is 9.64 Å². The summed E-state index contributed by atoms with van der Waals surface area (Å²) in [5.74, 6) is -1.31. The number of anilines is 1. The zero-order valence-corrected chi connectivity index (χ0v) is 22.6. The van der Waals surface area contributed by atoms with E-state index >= 15 is 0 Å². The number of ether oxygens (including phenoxy) is 2. The molecule has 2 aromatic carbocycles. The molecule has 0 radical (unpaired) electrons. The van der Waals surface area contributed by atoms with Crippen molar-refractivity contribution in [2.45, 2.75) is 70.1 Å². The quantitative estimate of drug-likeness (QED) is 0.460. The molecule has 2 aliphatic rings. The van der Waals surface area contributed by atoms with E-state index < -0.39 is 29.4 Å². The predicted octanol–water partition coefficient (Wildman–Crippen LogP) is 5.16. The van der Waals surface area contributed by atoms with Gasteiger partial charge in [-0.3, -0.25) is 9.69 Å². The van der Waals surface area contributed by atoms with Crippen molar-refractivity contribution in [1.82, 2.24) is 9.55 Å². The maximum Gasteiger partial charge on any atom is 0.414 e. The number of rotatable bonds is 5. The lowest BCUT2D eigenvalue weighted by Crippen LogP contribution is -2.42. The number of carboxylic acids is 1. The Balaban J connectivity index is 1.76. The summed E-state index contributed by atoms with van der Waals surface area (Å²) < 4.78 is 26.9. The first-order valence-corrected chi connectivity index (χ1v) is 13.3. The summed E-state index contributed by atoms with van der Waals surface area (Å²) in [4.78, 5) is 31.2. The molecule has 1 aromatic heterocycles. The summed E-state index contributed by atoms with van der Waals surface area (Å²) in [5.41, 5.74) is 1.33. The lowest BCUT2D eigenvalue weighted by Gasteiger charge is -2.34. The molecule has 1 aliphatic heterocycles. The number of hydrogen-bond donors (Lipinski definition) is 2. The third kappa shape index (κ3) is 4.50. The van der Waals surface area contributed by atoms with Crippen LogP contribution in [0, 0.1) is 11.7 Å². The normalized spacial score (nSPS) is 22.7. The number of aryl methyl sites for hydroxylation is 1. The van der Waals surface area contributed by atoms with E-state index in [0.29, 0.717) is 55.5 Å². The number of halogens is 1. The maximum absolute atomic E-state index is 14.4. The molecule has 208 valence electrons. The SMILES string of the molecule is COC(=O)N1c2ccc3c(nc(C(C)(O)c4cc(F)ccc4OC)n3C3CCCC(C(=O)O)C3)c2CC[C@@H]1C. The smallest absolute Gasteiger partial charge is 0.414 e. The van der Waals surface area contributed by atoms with Crippen molar-refractivity contribution >= 4 is 28.8 Å². The van der Waals surface area contributed by atoms with Crippen LogP contribution in [0.5, 0.6) is 5.75 Å². The summed E-state index contributed by atoms with van der Waals surface area (Å²) in [6.07, 6.45) is 3.28. The van der Waals surface area contributed by atoms with E-state index in [1.54, 1.807) is 11.8 Å². The molecule has 2 heterocycles. The van der Waals surface area contributed by atoms with Crippen LogP contribution >= 0.6 is 0 Å². The molecule has 1 fully saturated rings. The molecular weight excluding hydrogens is 505 g/mol. The molecule has 4 atom stereocenters. The number of carbonyl (C=O) groups is 2. The van der Waals surface area contributed by atoms with E-state index in [9.17, 15) is 24.2 Å². The molecule has 3 aromatic rings. The second-order valence-electron chi connectivity index (χ2n) is 10.7. The minimum atomic E-state index is -1.78. The highest BCUT2D eigenvalue weighted by molar-refractivity contribution is 5.95. The van der Waals surface area contributed by atoms with Crippen LogP contribution in [0.25, 0.3) is 11.0 Å². The molecule has 0 saturated heterocycles. The van der Waals surface area contributed by atoms with Crippen LogP contribution in [0.3, 0.4) is 0 Å². The van der Waals surface area contributed by atoms with E-state index in [1.165, 1.54) is 32.4 Å². The second-order valence-corrected chi connectivity index (χ2v) is 10.7. The zero-order chi connectivity index (χ0) is 28.1. The Kier molecular flexibility index (Phi) is 7.00. The van der Waals surface area contributed by atoms with Gasteiger partial charge in [-0.1, -0.05) is 6.42 Å². The molecule has 1 aliphatic carbocycles. The maximum atomic E-state index is 14.4. The van der Waals surface area contributed by atoms with Gasteiger partial charge in [0.25, 0.3) is 0 Å². The first-order chi connectivity index (χ1) is 18.6. The Morgan fingerprint density at radius 3 is 2.62 bits per heavy atom. The Morgan fingerprint density at radius 2 is 1.92 bits per heavy atom. The van der Waals surface area contributed by atoms with Crippen LogP contribution in [-0.2, 0) is 21.6 Å². The van der Waals surface area contributed by atoms with Gasteiger partial charge in [0, 0.05) is 23.2 Å². The van der Waals surface area contributed by atoms with Crippen molar-refractivity contribution in [2.24, 2.45) is 5.92 Å². The average molecular weight is 540 g/mol. The molecule has 3 unspecified atom stereocenters. The molecule has 1 saturated carbocycles. The predicted molar refractivity (Wildman–Crippen MR) is 143 cm³/mol. The van der Waals surface area contributed by atoms with Gasteiger partial charge in [-0.05, 0) is 76.3 Å². The molecule has 1 amide bonds. The van der Waals surface area contributed by atoms with E-state index in [2.05, 4.69) is 0 Å². The van der Waals surface area contributed by atoms with E-state index in [1.807, 2.05) is 23.6 Å². The first kappa shape index (κ1) is 26.9. The minimum Gasteiger partial charge on any atom is -0.496 e. The van der Waals surface area contributed by atoms with Gasteiger partial charge in [-0.15, -0.1) is 0 Å². The molecule has 0 bridgehead atoms. The number of hydrogen-bond acceptors (Lipinski definition) is 6. The summed E-state index contributed by atoms with van der Waals surface area (Å²) in [6.45, 7) is 3.51. The van der Waals surface area contributed by atoms with Crippen LogP contribution in [0.15, 0.2) is 30.3 Å². The molecule has 39 heavy (non-hydrogen) atoms. The number of carbonyl (C=O) groups excluding carboxylic acids is 1. The molecular formula is C29H34FN3O6. The summed E-state index contributed by atoms with van der Waals surface area (Å²) in [6, 6.07) is 7.37. The second kappa shape index (κ2) is 10.1. The Morgan fingerprint density at radius 1 is 1.15 bits per heavy atom. The van der Waals surface area contributed by atoms with Crippen molar-refractivity contribution in [2.75, 3.05) is 19.1 Å². The zero-order valence-electron chi connectivity index (χ0n) is 22.6. The fourth-order valence-corrected chi connectivity index (χ4v) is 6.29. The summed E-state index contributed by atoms with van der Waals surface area (Å²) in [7, 11) is 2.80. The minimum absolute atomic E-state index is 0.0710. The van der Waals surface area contributed by atoms with E-state index in [0.717, 1.165) is 11.1 Å². The van der Waals surface area contributed by atoms with Gasteiger partial charge in [-0.2, -0.15) is 0 Å². The third-order valence-electron chi connectivity index (χ3n) is 8.31. The average Bonchev–Trinajstić information content (AvgIpc) is 3.33. The fraction of sp³-hybridized carbons (Fsp3) is 0.483. The van der Waals surface area contributed by atoms with E-state index in [4.69, 9.17) is 14.5 Å². The Bertz CT molecular complexity index is 1430. The number of aliphatic hydroxyl groups is 1. The van der Waals surface area contributed by atoms with Gasteiger partial charge >= 0.3 is 12.1 Å². The number of amides is 1. The van der Waals surface area contributed by atoms with Crippen LogP contribution in [0.1, 0.15) is 68.9 Å². The monoisotopic (exact) mass is 539 g/mol. The Labute approximate surface area is 226 Å². The van der Waals surface area contributed by atoms with Crippen molar-refractivity contribution < 1.29 is 33.7 Å². The number of fused-ring (bicyclic) bond motifs is 3. The highest BCUT2D eigenvalue weighted by atomic mass is 19.1. The van der Waals surface area contributed by atoms with Crippen molar-refractivity contribution in [3.8, 4) is 5.75 Å². The van der Waals surface area contributed by atoms with Gasteiger partial charge in [0.05, 0.1) is 36.9 Å². The van der Waals surface area contributed by atoms with E-state index in [-0.39, 0.29) is 23.5 Å². The van der Waals surface area contributed by atoms with Crippen molar-refractivity contribution in [3.63, 3.8) is 0 Å². The van der Waals surface area contributed by atoms with Crippen molar-refractivity contribution in [3.05, 3.63) is 53.1 Å². The highest BCUT2D eigenvalue weighted by Gasteiger charge is 2.40. The van der Waals surface area contributed by atoms with Gasteiger partial charge in [0.15, 0.2) is 0 Å². The van der Waals surface area contributed by atoms with Gasteiger partial charge in [0.2, 0.25) is 0 Å². The third-order valence-corrected chi connectivity index (χ3v) is 8.31. The molecule has 0 spiro atoms. The molecule has 5 rings (SSSR count). The lowest BCUT2D eigenvalue weighted by atomic mass is 9.84. The summed E-state index contributed by atoms with van der Waals surface area (Å²) >= 11 is 0. The number of carboxylic acid groups (broad SMARTS) is 1.